The second kappa shape index (κ2) is 6.55. The molecule has 2 N–H and O–H groups in total. The average molecular weight is 355 g/mol. The molecule has 21 heavy (non-hydrogen) atoms. The number of rotatable bonds is 3. The number of halogens is 1. The summed E-state index contributed by atoms with van der Waals surface area (Å²) in [4.78, 5) is 2.53. The molecule has 1 saturated heterocycles. The van der Waals surface area contributed by atoms with Gasteiger partial charge in [-0.3, -0.25) is 4.90 Å². The molecule has 2 aliphatic heterocycles. The zero-order valence-corrected chi connectivity index (χ0v) is 14.1. The molecule has 3 rings (SSSR count). The van der Waals surface area contributed by atoms with Gasteiger partial charge in [-0.05, 0) is 37.5 Å². The maximum Gasteiger partial charge on any atom is 0.162 e. The molecular weight excluding hydrogens is 332 g/mol. The number of piperidine rings is 1. The summed E-state index contributed by atoms with van der Waals surface area (Å²) in [6.45, 7) is 5.18. The summed E-state index contributed by atoms with van der Waals surface area (Å²) < 4.78 is 12.4. The first-order valence-electron chi connectivity index (χ1n) is 7.73. The third kappa shape index (κ3) is 3.20. The highest BCUT2D eigenvalue weighted by atomic mass is 79.9. The van der Waals surface area contributed by atoms with Crippen molar-refractivity contribution in [2.75, 3.05) is 19.8 Å². The minimum absolute atomic E-state index is 0.480. The van der Waals surface area contributed by atoms with E-state index in [2.05, 4.69) is 33.8 Å². The Hall–Kier alpha value is -0.780. The van der Waals surface area contributed by atoms with E-state index in [0.717, 1.165) is 29.1 Å². The third-order valence-electron chi connectivity index (χ3n) is 4.53. The Labute approximate surface area is 134 Å². The van der Waals surface area contributed by atoms with Crippen LogP contribution >= 0.6 is 15.9 Å². The molecule has 1 fully saturated rings. The molecule has 5 heteroatoms. The van der Waals surface area contributed by atoms with Crippen LogP contribution < -0.4 is 15.2 Å². The number of benzene rings is 1. The number of nitrogens with two attached hydrogens (primary N) is 1. The lowest BCUT2D eigenvalue weighted by Crippen LogP contribution is -2.48. The fourth-order valence-electron chi connectivity index (χ4n) is 3.30. The van der Waals surface area contributed by atoms with Gasteiger partial charge in [0, 0.05) is 29.6 Å². The number of hydrogen-bond acceptors (Lipinski definition) is 4. The molecule has 0 bridgehead atoms. The van der Waals surface area contributed by atoms with E-state index in [9.17, 15) is 0 Å². The predicted molar refractivity (Wildman–Crippen MR) is 86.8 cm³/mol. The van der Waals surface area contributed by atoms with E-state index in [-0.39, 0.29) is 0 Å². The lowest BCUT2D eigenvalue weighted by Gasteiger charge is -2.40. The maximum atomic E-state index is 5.96. The highest BCUT2D eigenvalue weighted by Gasteiger charge is 2.28. The topological polar surface area (TPSA) is 47.7 Å². The highest BCUT2D eigenvalue weighted by molar-refractivity contribution is 9.10. The molecule has 0 radical (unpaired) electrons. The van der Waals surface area contributed by atoms with Crippen molar-refractivity contribution in [2.45, 2.75) is 44.8 Å². The number of fused-ring (bicyclic) bond motifs is 1. The Bertz CT molecular complexity index is 509. The lowest BCUT2D eigenvalue weighted by atomic mass is 9.95. The van der Waals surface area contributed by atoms with Crippen LogP contribution in [0.2, 0.25) is 0 Å². The molecule has 0 saturated carbocycles. The number of nitrogens with zero attached hydrogens (tertiary/aromatic N) is 1. The van der Waals surface area contributed by atoms with Crippen molar-refractivity contribution in [3.05, 3.63) is 22.2 Å². The SMILES string of the molecule is CC1CCCC(CN)N1Cc1cc2c(cc1Br)OCCO2. The first-order chi connectivity index (χ1) is 10.2. The summed E-state index contributed by atoms with van der Waals surface area (Å²) in [7, 11) is 0. The molecule has 116 valence electrons. The summed E-state index contributed by atoms with van der Waals surface area (Å²) >= 11 is 3.67. The van der Waals surface area contributed by atoms with Crippen molar-refractivity contribution in [1.29, 1.82) is 0 Å². The van der Waals surface area contributed by atoms with Crippen LogP contribution in [0.3, 0.4) is 0 Å². The Morgan fingerprint density at radius 3 is 2.67 bits per heavy atom. The van der Waals surface area contributed by atoms with Crippen molar-refractivity contribution in [1.82, 2.24) is 4.90 Å². The van der Waals surface area contributed by atoms with E-state index in [1.807, 2.05) is 6.07 Å². The van der Waals surface area contributed by atoms with E-state index in [1.54, 1.807) is 0 Å². The van der Waals surface area contributed by atoms with Crippen molar-refractivity contribution >= 4 is 15.9 Å². The molecule has 2 unspecified atom stereocenters. The molecule has 1 aromatic rings. The second-order valence-corrected chi connectivity index (χ2v) is 6.78. The minimum atomic E-state index is 0.480. The monoisotopic (exact) mass is 354 g/mol. The van der Waals surface area contributed by atoms with E-state index in [1.165, 1.54) is 24.8 Å². The molecule has 2 heterocycles. The lowest BCUT2D eigenvalue weighted by molar-refractivity contribution is 0.0886. The van der Waals surface area contributed by atoms with Gasteiger partial charge in [0.1, 0.15) is 13.2 Å². The number of likely N-dealkylation sites (tertiary alicyclic amines) is 1. The molecule has 4 nitrogen and oxygen atoms in total. The van der Waals surface area contributed by atoms with Crippen molar-refractivity contribution < 1.29 is 9.47 Å². The Kier molecular flexibility index (Phi) is 4.72. The summed E-state index contributed by atoms with van der Waals surface area (Å²) in [5, 5.41) is 0. The third-order valence-corrected chi connectivity index (χ3v) is 5.27. The van der Waals surface area contributed by atoms with Crippen molar-refractivity contribution in [2.24, 2.45) is 5.73 Å². The normalized spacial score (nSPS) is 25.9. The number of hydrogen-bond donors (Lipinski definition) is 1. The highest BCUT2D eigenvalue weighted by Crippen LogP contribution is 2.37. The Balaban J connectivity index is 1.83. The van der Waals surface area contributed by atoms with Gasteiger partial charge in [-0.15, -0.1) is 0 Å². The molecule has 0 spiro atoms. The largest absolute Gasteiger partial charge is 0.486 e. The zero-order chi connectivity index (χ0) is 14.8. The van der Waals surface area contributed by atoms with Crippen LogP contribution in [-0.2, 0) is 6.54 Å². The Morgan fingerprint density at radius 2 is 1.95 bits per heavy atom. The van der Waals surface area contributed by atoms with Gasteiger partial charge in [-0.25, -0.2) is 0 Å². The minimum Gasteiger partial charge on any atom is -0.486 e. The molecule has 0 aliphatic carbocycles. The smallest absolute Gasteiger partial charge is 0.162 e. The van der Waals surface area contributed by atoms with E-state index in [0.29, 0.717) is 25.3 Å². The molecular formula is C16H23BrN2O2. The summed E-state index contributed by atoms with van der Waals surface area (Å²) in [6, 6.07) is 5.19. The molecule has 1 aromatic carbocycles. The summed E-state index contributed by atoms with van der Waals surface area (Å²) in [5.41, 5.74) is 7.20. The van der Waals surface area contributed by atoms with Gasteiger partial charge >= 0.3 is 0 Å². The van der Waals surface area contributed by atoms with Gasteiger partial charge in [0.05, 0.1) is 0 Å². The van der Waals surface area contributed by atoms with Gasteiger partial charge in [-0.2, -0.15) is 0 Å². The van der Waals surface area contributed by atoms with Gasteiger partial charge in [0.25, 0.3) is 0 Å². The average Bonchev–Trinajstić information content (AvgIpc) is 2.49. The van der Waals surface area contributed by atoms with E-state index < -0.39 is 0 Å². The molecule has 0 amide bonds. The van der Waals surface area contributed by atoms with Crippen molar-refractivity contribution in [3.63, 3.8) is 0 Å². The standard InChI is InChI=1S/C16H23BrN2O2/c1-11-3-2-4-13(9-18)19(11)10-12-7-15-16(8-14(12)17)21-6-5-20-15/h7-8,11,13H,2-6,9-10,18H2,1H3. The van der Waals surface area contributed by atoms with Gasteiger partial charge < -0.3 is 15.2 Å². The number of ether oxygens (including phenoxy) is 2. The predicted octanol–water partition coefficient (Wildman–Crippen LogP) is 2.92. The van der Waals surface area contributed by atoms with Crippen LogP contribution in [0, 0.1) is 0 Å². The van der Waals surface area contributed by atoms with E-state index in [4.69, 9.17) is 15.2 Å². The Morgan fingerprint density at radius 1 is 1.24 bits per heavy atom. The van der Waals surface area contributed by atoms with Crippen LogP contribution in [-0.4, -0.2) is 36.7 Å². The van der Waals surface area contributed by atoms with Crippen LogP contribution in [0.25, 0.3) is 0 Å². The van der Waals surface area contributed by atoms with Gasteiger partial charge in [0.2, 0.25) is 0 Å². The maximum absolute atomic E-state index is 5.96. The fourth-order valence-corrected chi connectivity index (χ4v) is 3.75. The van der Waals surface area contributed by atoms with Crippen molar-refractivity contribution in [3.8, 4) is 11.5 Å². The van der Waals surface area contributed by atoms with Gasteiger partial charge in [0.15, 0.2) is 11.5 Å². The summed E-state index contributed by atoms with van der Waals surface area (Å²) in [6.07, 6.45) is 3.73. The van der Waals surface area contributed by atoms with Crippen LogP contribution in [0.1, 0.15) is 31.7 Å². The van der Waals surface area contributed by atoms with E-state index >= 15 is 0 Å². The first kappa shape index (κ1) is 15.1. The second-order valence-electron chi connectivity index (χ2n) is 5.93. The molecule has 2 atom stereocenters. The zero-order valence-electron chi connectivity index (χ0n) is 12.5. The van der Waals surface area contributed by atoms with Gasteiger partial charge in [-0.1, -0.05) is 22.4 Å². The van der Waals surface area contributed by atoms with Crippen LogP contribution in [0.15, 0.2) is 16.6 Å². The summed E-state index contributed by atoms with van der Waals surface area (Å²) in [5.74, 6) is 1.69. The molecule has 0 aromatic heterocycles. The molecule has 2 aliphatic rings. The quantitative estimate of drug-likeness (QED) is 0.906. The van der Waals surface area contributed by atoms with Crippen LogP contribution in [0.5, 0.6) is 11.5 Å². The first-order valence-corrected chi connectivity index (χ1v) is 8.52. The fraction of sp³-hybridized carbons (Fsp3) is 0.625. The van der Waals surface area contributed by atoms with Crippen LogP contribution in [0.4, 0.5) is 0 Å².